The maximum Gasteiger partial charge on any atom is 0.0459 e. The SMILES string of the molecule is CCC(N)Cc1c(Cl)cccc1N1CCC(C)C1. The Morgan fingerprint density at radius 2 is 2.28 bits per heavy atom. The van der Waals surface area contributed by atoms with E-state index in [0.29, 0.717) is 0 Å². The van der Waals surface area contributed by atoms with Crippen LogP contribution in [-0.2, 0) is 6.42 Å². The van der Waals surface area contributed by atoms with Crippen LogP contribution >= 0.6 is 11.6 Å². The summed E-state index contributed by atoms with van der Waals surface area (Å²) in [5, 5.41) is 0.857. The van der Waals surface area contributed by atoms with Crippen molar-refractivity contribution in [1.82, 2.24) is 0 Å². The van der Waals surface area contributed by atoms with Gasteiger partial charge in [0, 0.05) is 29.8 Å². The molecule has 0 amide bonds. The predicted molar refractivity (Wildman–Crippen MR) is 79.4 cm³/mol. The van der Waals surface area contributed by atoms with Crippen molar-refractivity contribution in [2.45, 2.75) is 39.2 Å². The molecule has 0 aliphatic carbocycles. The minimum Gasteiger partial charge on any atom is -0.371 e. The maximum atomic E-state index is 6.36. The van der Waals surface area contributed by atoms with Gasteiger partial charge in [0.2, 0.25) is 0 Å². The van der Waals surface area contributed by atoms with Gasteiger partial charge in [-0.25, -0.2) is 0 Å². The van der Waals surface area contributed by atoms with Gasteiger partial charge in [-0.2, -0.15) is 0 Å². The van der Waals surface area contributed by atoms with Crippen LogP contribution in [0.1, 0.15) is 32.3 Å². The number of hydrogen-bond donors (Lipinski definition) is 1. The third-order valence-corrected chi connectivity index (χ3v) is 4.20. The first-order valence-corrected chi connectivity index (χ1v) is 7.27. The fourth-order valence-corrected chi connectivity index (χ4v) is 2.85. The van der Waals surface area contributed by atoms with Gasteiger partial charge in [0.05, 0.1) is 0 Å². The molecule has 1 fully saturated rings. The summed E-state index contributed by atoms with van der Waals surface area (Å²) in [6.07, 6.45) is 3.13. The summed E-state index contributed by atoms with van der Waals surface area (Å²) < 4.78 is 0. The van der Waals surface area contributed by atoms with Crippen molar-refractivity contribution in [2.24, 2.45) is 11.7 Å². The van der Waals surface area contributed by atoms with Crippen molar-refractivity contribution in [3.8, 4) is 0 Å². The van der Waals surface area contributed by atoms with E-state index in [4.69, 9.17) is 17.3 Å². The third-order valence-electron chi connectivity index (χ3n) is 3.85. The molecular formula is C15H23ClN2. The molecule has 1 saturated heterocycles. The number of nitrogens with two attached hydrogens (primary N) is 1. The molecular weight excluding hydrogens is 244 g/mol. The number of hydrogen-bond acceptors (Lipinski definition) is 2. The molecule has 1 heterocycles. The lowest BCUT2D eigenvalue weighted by Gasteiger charge is -2.24. The Hall–Kier alpha value is -0.730. The highest BCUT2D eigenvalue weighted by atomic mass is 35.5. The average Bonchev–Trinajstić information content (AvgIpc) is 2.78. The van der Waals surface area contributed by atoms with E-state index >= 15 is 0 Å². The highest BCUT2D eigenvalue weighted by Gasteiger charge is 2.22. The summed E-state index contributed by atoms with van der Waals surface area (Å²) in [4.78, 5) is 2.45. The van der Waals surface area contributed by atoms with Gasteiger partial charge in [-0.1, -0.05) is 31.5 Å². The number of anilines is 1. The molecule has 18 heavy (non-hydrogen) atoms. The van der Waals surface area contributed by atoms with Crippen molar-refractivity contribution >= 4 is 17.3 Å². The Labute approximate surface area is 115 Å². The van der Waals surface area contributed by atoms with Gasteiger partial charge in [0.1, 0.15) is 0 Å². The van der Waals surface area contributed by atoms with E-state index in [0.717, 1.165) is 36.9 Å². The topological polar surface area (TPSA) is 29.3 Å². The molecule has 2 N–H and O–H groups in total. The van der Waals surface area contributed by atoms with Gasteiger partial charge in [-0.3, -0.25) is 0 Å². The first-order valence-electron chi connectivity index (χ1n) is 6.89. The molecule has 100 valence electrons. The molecule has 1 aliphatic heterocycles. The maximum absolute atomic E-state index is 6.36. The van der Waals surface area contributed by atoms with Crippen LogP contribution in [0.4, 0.5) is 5.69 Å². The minimum atomic E-state index is 0.198. The van der Waals surface area contributed by atoms with E-state index in [9.17, 15) is 0 Å². The zero-order valence-electron chi connectivity index (χ0n) is 11.3. The smallest absolute Gasteiger partial charge is 0.0459 e. The monoisotopic (exact) mass is 266 g/mol. The normalized spacial score (nSPS) is 21.3. The van der Waals surface area contributed by atoms with Crippen molar-refractivity contribution in [1.29, 1.82) is 0 Å². The van der Waals surface area contributed by atoms with Crippen molar-refractivity contribution in [3.05, 3.63) is 28.8 Å². The van der Waals surface area contributed by atoms with Gasteiger partial charge in [-0.05, 0) is 42.9 Å². The summed E-state index contributed by atoms with van der Waals surface area (Å²) >= 11 is 6.36. The predicted octanol–water partition coefficient (Wildman–Crippen LogP) is 3.47. The molecule has 0 bridgehead atoms. The van der Waals surface area contributed by atoms with Gasteiger partial charge in [-0.15, -0.1) is 0 Å². The summed E-state index contributed by atoms with van der Waals surface area (Å²) in [7, 11) is 0. The Bertz CT molecular complexity index is 405. The van der Waals surface area contributed by atoms with Crippen LogP contribution in [0.3, 0.4) is 0 Å². The van der Waals surface area contributed by atoms with E-state index in [1.807, 2.05) is 12.1 Å². The minimum absolute atomic E-state index is 0.198. The number of benzene rings is 1. The second-order valence-electron chi connectivity index (χ2n) is 5.45. The van der Waals surface area contributed by atoms with Crippen LogP contribution in [0.2, 0.25) is 5.02 Å². The van der Waals surface area contributed by atoms with Gasteiger partial charge >= 0.3 is 0 Å². The second kappa shape index (κ2) is 5.94. The number of halogens is 1. The second-order valence-corrected chi connectivity index (χ2v) is 5.86. The molecule has 3 heteroatoms. The standard InChI is InChI=1S/C15H23ClN2/c1-3-12(17)9-13-14(16)5-4-6-15(13)18-8-7-11(2)10-18/h4-6,11-12H,3,7-10,17H2,1-2H3. The van der Waals surface area contributed by atoms with Crippen molar-refractivity contribution in [3.63, 3.8) is 0 Å². The molecule has 0 saturated carbocycles. The number of rotatable bonds is 4. The quantitative estimate of drug-likeness (QED) is 0.904. The molecule has 0 aromatic heterocycles. The highest BCUT2D eigenvalue weighted by molar-refractivity contribution is 6.31. The molecule has 0 spiro atoms. The lowest BCUT2D eigenvalue weighted by Crippen LogP contribution is -2.25. The lowest BCUT2D eigenvalue weighted by molar-refractivity contribution is 0.643. The van der Waals surface area contributed by atoms with Crippen LogP contribution in [-0.4, -0.2) is 19.1 Å². The average molecular weight is 267 g/mol. The summed E-state index contributed by atoms with van der Waals surface area (Å²) in [5.74, 6) is 0.775. The first-order chi connectivity index (χ1) is 8.61. The van der Waals surface area contributed by atoms with Gasteiger partial charge in [0.15, 0.2) is 0 Å². The summed E-state index contributed by atoms with van der Waals surface area (Å²) in [6.45, 7) is 6.70. The van der Waals surface area contributed by atoms with Gasteiger partial charge in [0.25, 0.3) is 0 Å². The number of nitrogens with zero attached hydrogens (tertiary/aromatic N) is 1. The van der Waals surface area contributed by atoms with E-state index in [2.05, 4.69) is 24.8 Å². The molecule has 1 aromatic carbocycles. The van der Waals surface area contributed by atoms with Crippen LogP contribution in [0.25, 0.3) is 0 Å². The van der Waals surface area contributed by atoms with Crippen LogP contribution in [0.15, 0.2) is 18.2 Å². The summed E-state index contributed by atoms with van der Waals surface area (Å²) in [6, 6.07) is 6.40. The largest absolute Gasteiger partial charge is 0.371 e. The molecule has 1 aromatic rings. The Morgan fingerprint density at radius 3 is 2.89 bits per heavy atom. The van der Waals surface area contributed by atoms with E-state index < -0.39 is 0 Å². The van der Waals surface area contributed by atoms with Crippen molar-refractivity contribution in [2.75, 3.05) is 18.0 Å². The first kappa shape index (κ1) is 13.7. The zero-order valence-corrected chi connectivity index (χ0v) is 12.1. The highest BCUT2D eigenvalue weighted by Crippen LogP contribution is 2.32. The fraction of sp³-hybridized carbons (Fsp3) is 0.600. The molecule has 2 unspecified atom stereocenters. The van der Waals surface area contributed by atoms with E-state index in [-0.39, 0.29) is 6.04 Å². The molecule has 2 rings (SSSR count). The Morgan fingerprint density at radius 1 is 1.50 bits per heavy atom. The third kappa shape index (κ3) is 2.99. The van der Waals surface area contributed by atoms with Crippen LogP contribution in [0, 0.1) is 5.92 Å². The molecule has 0 radical (unpaired) electrons. The fourth-order valence-electron chi connectivity index (χ4n) is 2.61. The van der Waals surface area contributed by atoms with Crippen molar-refractivity contribution < 1.29 is 0 Å². The Kier molecular flexibility index (Phi) is 4.52. The van der Waals surface area contributed by atoms with E-state index in [1.165, 1.54) is 17.7 Å². The summed E-state index contributed by atoms with van der Waals surface area (Å²) in [5.41, 5.74) is 8.60. The van der Waals surface area contributed by atoms with Gasteiger partial charge < -0.3 is 10.6 Å². The Balaban J connectivity index is 2.26. The van der Waals surface area contributed by atoms with Crippen LogP contribution in [0.5, 0.6) is 0 Å². The zero-order chi connectivity index (χ0) is 13.1. The molecule has 2 nitrogen and oxygen atoms in total. The molecule has 1 aliphatic rings. The van der Waals surface area contributed by atoms with Crippen LogP contribution < -0.4 is 10.6 Å². The molecule has 2 atom stereocenters. The van der Waals surface area contributed by atoms with E-state index in [1.54, 1.807) is 0 Å². The lowest BCUT2D eigenvalue weighted by atomic mass is 10.0.